The monoisotopic (exact) mass is 125 g/mol. The predicted molar refractivity (Wildman–Crippen MR) is 30.7 cm³/mol. The van der Waals surface area contributed by atoms with Crippen LogP contribution in [0.5, 0.6) is 0 Å². The summed E-state index contributed by atoms with van der Waals surface area (Å²) in [6.45, 7) is 0. The summed E-state index contributed by atoms with van der Waals surface area (Å²) < 4.78 is 3.72. The Hall–Kier alpha value is -0.440. The lowest BCUT2D eigenvalue weighted by Gasteiger charge is -1.77. The van der Waals surface area contributed by atoms with Crippen LogP contribution in [-0.2, 0) is 0 Å². The van der Waals surface area contributed by atoms with Crippen LogP contribution in [0.3, 0.4) is 0 Å². The van der Waals surface area contributed by atoms with Gasteiger partial charge in [0.2, 0.25) is 0 Å². The fourth-order valence-electron chi connectivity index (χ4n) is 0.666. The first-order valence-corrected chi connectivity index (χ1v) is 3.44. The molecule has 0 N–H and O–H groups in total. The average molecular weight is 125 g/mol. The van der Waals surface area contributed by atoms with E-state index in [9.17, 15) is 0 Å². The topological polar surface area (TPSA) is 25.8 Å². The lowest BCUT2D eigenvalue weighted by atomic mass is 10.4. The van der Waals surface area contributed by atoms with Gasteiger partial charge in [0.1, 0.15) is 6.20 Å². The van der Waals surface area contributed by atoms with Crippen molar-refractivity contribution in [3.63, 3.8) is 0 Å². The van der Waals surface area contributed by atoms with E-state index < -0.39 is 0 Å². The normalized spacial score (nSPS) is 19.0. The Morgan fingerprint density at radius 3 is 3.00 bits per heavy atom. The van der Waals surface area contributed by atoms with Gasteiger partial charge in [-0.3, -0.25) is 0 Å². The molecule has 0 atom stereocenters. The zero-order valence-corrected chi connectivity index (χ0v) is 5.11. The van der Waals surface area contributed by atoms with Crippen LogP contribution in [0.2, 0.25) is 0 Å². The first kappa shape index (κ1) is 4.44. The fourth-order valence-corrected chi connectivity index (χ4v) is 1.30. The van der Waals surface area contributed by atoms with E-state index in [2.05, 4.69) is 15.8 Å². The zero-order valence-electron chi connectivity index (χ0n) is 4.29. The molecule has 1 saturated carbocycles. The molecular formula is C5H5N2S. The molecule has 1 radical (unpaired) electrons. The maximum atomic E-state index is 3.72. The molecule has 1 aliphatic rings. The lowest BCUT2D eigenvalue weighted by molar-refractivity contribution is 1.10. The highest BCUT2D eigenvalue weighted by Crippen LogP contribution is 2.40. The van der Waals surface area contributed by atoms with E-state index in [1.807, 2.05) is 0 Å². The lowest BCUT2D eigenvalue weighted by Crippen LogP contribution is -1.65. The van der Waals surface area contributed by atoms with Crippen LogP contribution in [0.1, 0.15) is 23.6 Å². The van der Waals surface area contributed by atoms with E-state index >= 15 is 0 Å². The average Bonchev–Trinajstić information content (AvgIpc) is 2.49. The Bertz CT molecular complexity index is 167. The third-order valence-electron chi connectivity index (χ3n) is 1.29. The summed E-state index contributed by atoms with van der Waals surface area (Å²) in [6, 6.07) is 0. The van der Waals surface area contributed by atoms with Crippen molar-refractivity contribution in [3.8, 4) is 0 Å². The summed E-state index contributed by atoms with van der Waals surface area (Å²) in [5.41, 5.74) is 0. The molecule has 1 aromatic rings. The van der Waals surface area contributed by atoms with Crippen LogP contribution in [0.4, 0.5) is 0 Å². The van der Waals surface area contributed by atoms with Crippen molar-refractivity contribution < 1.29 is 0 Å². The van der Waals surface area contributed by atoms with Crippen molar-refractivity contribution in [2.45, 2.75) is 18.8 Å². The minimum Gasteiger partial charge on any atom is -0.136 e. The molecule has 2 rings (SSSR count). The van der Waals surface area contributed by atoms with Gasteiger partial charge in [-0.15, -0.1) is 5.10 Å². The summed E-state index contributed by atoms with van der Waals surface area (Å²) >= 11 is 1.48. The third-order valence-corrected chi connectivity index (χ3v) is 2.07. The minimum absolute atomic E-state index is 0.773. The van der Waals surface area contributed by atoms with Crippen LogP contribution in [-0.4, -0.2) is 9.59 Å². The van der Waals surface area contributed by atoms with Crippen molar-refractivity contribution in [2.24, 2.45) is 0 Å². The Balaban J connectivity index is 2.28. The van der Waals surface area contributed by atoms with Crippen LogP contribution in [0.15, 0.2) is 0 Å². The van der Waals surface area contributed by atoms with E-state index in [0.29, 0.717) is 0 Å². The Morgan fingerprint density at radius 2 is 2.50 bits per heavy atom. The minimum atomic E-state index is 0.773. The second-order valence-corrected chi connectivity index (χ2v) is 2.81. The molecule has 3 heteroatoms. The molecule has 8 heavy (non-hydrogen) atoms. The molecule has 1 fully saturated rings. The van der Waals surface area contributed by atoms with Gasteiger partial charge in [-0.05, 0) is 30.3 Å². The van der Waals surface area contributed by atoms with Crippen molar-refractivity contribution in [1.29, 1.82) is 0 Å². The highest BCUT2D eigenvalue weighted by Gasteiger charge is 2.25. The van der Waals surface area contributed by atoms with Crippen LogP contribution in [0.25, 0.3) is 0 Å². The van der Waals surface area contributed by atoms with Crippen LogP contribution in [0, 0.1) is 6.20 Å². The van der Waals surface area contributed by atoms with E-state index in [1.165, 1.54) is 29.3 Å². The Labute approximate surface area is 51.7 Å². The van der Waals surface area contributed by atoms with Crippen molar-refractivity contribution in [3.05, 3.63) is 11.1 Å². The summed E-state index contributed by atoms with van der Waals surface area (Å²) in [7, 11) is 0. The molecule has 0 saturated heterocycles. The molecule has 0 spiro atoms. The second kappa shape index (κ2) is 1.52. The molecule has 1 aliphatic carbocycles. The molecule has 0 aliphatic heterocycles. The van der Waals surface area contributed by atoms with Gasteiger partial charge in [-0.25, -0.2) is 0 Å². The quantitative estimate of drug-likeness (QED) is 0.564. The van der Waals surface area contributed by atoms with Gasteiger partial charge in [0.25, 0.3) is 0 Å². The third kappa shape index (κ3) is 0.629. The standard InChI is InChI=1S/C5H5N2S/c1-2-4(1)5-3-6-7-8-5/h4H,1-2H2. The van der Waals surface area contributed by atoms with Crippen molar-refractivity contribution >= 4 is 11.5 Å². The molecule has 0 bridgehead atoms. The SMILES string of the molecule is [c]1nnsc1C1CC1. The number of hydrogen-bond donors (Lipinski definition) is 0. The van der Waals surface area contributed by atoms with Gasteiger partial charge < -0.3 is 0 Å². The first-order valence-electron chi connectivity index (χ1n) is 2.67. The van der Waals surface area contributed by atoms with Gasteiger partial charge >= 0.3 is 0 Å². The number of aromatic nitrogens is 2. The second-order valence-electron chi connectivity index (χ2n) is 2.02. The summed E-state index contributed by atoms with van der Waals surface area (Å²) in [5.74, 6) is 0.773. The van der Waals surface area contributed by atoms with Gasteiger partial charge in [-0.1, -0.05) is 4.49 Å². The molecule has 0 unspecified atom stereocenters. The highest BCUT2D eigenvalue weighted by atomic mass is 32.1. The number of hydrogen-bond acceptors (Lipinski definition) is 3. The Kier molecular flexibility index (Phi) is 0.842. The first-order chi connectivity index (χ1) is 3.97. The van der Waals surface area contributed by atoms with E-state index in [4.69, 9.17) is 0 Å². The van der Waals surface area contributed by atoms with E-state index in [0.717, 1.165) is 5.92 Å². The summed E-state index contributed by atoms with van der Waals surface area (Å²) in [4.78, 5) is 1.24. The van der Waals surface area contributed by atoms with Gasteiger partial charge in [0.15, 0.2) is 0 Å². The zero-order chi connectivity index (χ0) is 5.40. The molecule has 2 nitrogen and oxygen atoms in total. The summed E-state index contributed by atoms with van der Waals surface area (Å²) in [6.07, 6.45) is 5.50. The molecule has 0 amide bonds. The van der Waals surface area contributed by atoms with Gasteiger partial charge in [0.05, 0.1) is 4.88 Å². The van der Waals surface area contributed by atoms with Crippen LogP contribution < -0.4 is 0 Å². The largest absolute Gasteiger partial charge is 0.136 e. The van der Waals surface area contributed by atoms with E-state index in [-0.39, 0.29) is 0 Å². The summed E-state index contributed by atoms with van der Waals surface area (Å²) in [5, 5.41) is 3.63. The molecule has 41 valence electrons. The molecule has 0 aromatic carbocycles. The molecule has 1 aromatic heterocycles. The number of rotatable bonds is 1. The van der Waals surface area contributed by atoms with Gasteiger partial charge in [-0.2, -0.15) is 0 Å². The fraction of sp³-hybridized carbons (Fsp3) is 0.600. The molecular weight excluding hydrogens is 120 g/mol. The number of nitrogens with zero attached hydrogens (tertiary/aromatic N) is 2. The highest BCUT2D eigenvalue weighted by molar-refractivity contribution is 7.05. The van der Waals surface area contributed by atoms with Gasteiger partial charge in [0, 0.05) is 0 Å². The van der Waals surface area contributed by atoms with Crippen LogP contribution >= 0.6 is 11.5 Å². The predicted octanol–water partition coefficient (Wildman–Crippen LogP) is 1.22. The Morgan fingerprint density at radius 1 is 1.62 bits per heavy atom. The smallest absolute Gasteiger partial charge is 0.130 e. The van der Waals surface area contributed by atoms with Crippen molar-refractivity contribution in [1.82, 2.24) is 9.59 Å². The molecule has 1 heterocycles. The maximum Gasteiger partial charge on any atom is 0.130 e. The van der Waals surface area contributed by atoms with E-state index in [1.54, 1.807) is 0 Å². The maximum absolute atomic E-state index is 3.72. The van der Waals surface area contributed by atoms with Crippen molar-refractivity contribution in [2.75, 3.05) is 0 Å².